The minimum absolute atomic E-state index is 0.252. The van der Waals surface area contributed by atoms with E-state index in [9.17, 15) is 4.79 Å². The molecule has 140 valence electrons. The van der Waals surface area contributed by atoms with Crippen molar-refractivity contribution < 1.29 is 19.0 Å². The predicted molar refractivity (Wildman–Crippen MR) is 105 cm³/mol. The number of rotatable bonds is 6. The predicted octanol–water partition coefficient (Wildman–Crippen LogP) is 3.19. The molecular weight excluding hydrogens is 344 g/mol. The van der Waals surface area contributed by atoms with Crippen LogP contribution in [-0.4, -0.2) is 33.1 Å². The highest BCUT2D eigenvalue weighted by Gasteiger charge is 2.22. The van der Waals surface area contributed by atoms with Gasteiger partial charge < -0.3 is 19.5 Å². The van der Waals surface area contributed by atoms with Gasteiger partial charge >= 0.3 is 0 Å². The summed E-state index contributed by atoms with van der Waals surface area (Å²) in [6.45, 7) is 2.10. The topological polar surface area (TPSA) is 69.1 Å². The minimum atomic E-state index is -0.252. The summed E-state index contributed by atoms with van der Waals surface area (Å²) in [4.78, 5) is 16.8. The van der Waals surface area contributed by atoms with Gasteiger partial charge in [0.2, 0.25) is 5.75 Å². The number of nitrogens with zero attached hydrogens (tertiary/aromatic N) is 1. The maximum absolute atomic E-state index is 12.3. The summed E-state index contributed by atoms with van der Waals surface area (Å²) in [6.07, 6.45) is 2.65. The smallest absolute Gasteiger partial charge is 0.275 e. The second-order valence-electron chi connectivity index (χ2n) is 5.95. The van der Waals surface area contributed by atoms with Gasteiger partial charge in [-0.3, -0.25) is 4.79 Å². The van der Waals surface area contributed by atoms with Crippen LogP contribution in [0.1, 0.15) is 23.6 Å². The maximum Gasteiger partial charge on any atom is 0.275 e. The van der Waals surface area contributed by atoms with Crippen molar-refractivity contribution in [1.82, 2.24) is 5.32 Å². The first-order chi connectivity index (χ1) is 13.1. The lowest BCUT2D eigenvalue weighted by Crippen LogP contribution is -2.24. The second-order valence-corrected chi connectivity index (χ2v) is 5.95. The maximum atomic E-state index is 12.3. The average molecular weight is 366 g/mol. The van der Waals surface area contributed by atoms with Crippen LogP contribution in [0.2, 0.25) is 0 Å². The molecule has 2 aromatic carbocycles. The highest BCUT2D eigenvalue weighted by Crippen LogP contribution is 2.38. The lowest BCUT2D eigenvalue weighted by atomic mass is 10.1. The minimum Gasteiger partial charge on any atom is -0.493 e. The molecule has 1 N–H and O–H groups in total. The molecule has 6 nitrogen and oxygen atoms in total. The summed E-state index contributed by atoms with van der Waals surface area (Å²) in [7, 11) is 4.64. The number of methoxy groups -OCH3 is 3. The molecule has 27 heavy (non-hydrogen) atoms. The first kappa shape index (κ1) is 18.5. The van der Waals surface area contributed by atoms with Crippen molar-refractivity contribution in [2.45, 2.75) is 13.3 Å². The van der Waals surface area contributed by atoms with Crippen LogP contribution in [0.5, 0.6) is 17.2 Å². The molecule has 0 bridgehead atoms. The van der Waals surface area contributed by atoms with Gasteiger partial charge in [-0.15, -0.1) is 0 Å². The zero-order chi connectivity index (χ0) is 19.4. The Morgan fingerprint density at radius 3 is 2.15 bits per heavy atom. The summed E-state index contributed by atoms with van der Waals surface area (Å²) < 4.78 is 16.0. The van der Waals surface area contributed by atoms with Gasteiger partial charge in [0, 0.05) is 5.56 Å². The van der Waals surface area contributed by atoms with Gasteiger partial charge in [0.15, 0.2) is 11.5 Å². The first-order valence-corrected chi connectivity index (χ1v) is 8.60. The number of aliphatic imine (C=N–C) groups is 1. The molecule has 0 atom stereocenters. The van der Waals surface area contributed by atoms with E-state index < -0.39 is 0 Å². The molecule has 0 spiro atoms. The van der Waals surface area contributed by atoms with E-state index in [0.717, 1.165) is 17.5 Å². The molecule has 0 radical (unpaired) electrons. The van der Waals surface area contributed by atoms with E-state index in [1.54, 1.807) is 39.5 Å². The molecule has 0 fully saturated rings. The van der Waals surface area contributed by atoms with Crippen LogP contribution in [0.25, 0.3) is 6.08 Å². The van der Waals surface area contributed by atoms with Gasteiger partial charge in [-0.05, 0) is 35.8 Å². The molecule has 1 aliphatic heterocycles. The lowest BCUT2D eigenvalue weighted by Gasteiger charge is -2.12. The van der Waals surface area contributed by atoms with Crippen LogP contribution in [0.15, 0.2) is 47.1 Å². The van der Waals surface area contributed by atoms with Crippen molar-refractivity contribution in [3.8, 4) is 17.2 Å². The van der Waals surface area contributed by atoms with E-state index in [1.165, 1.54) is 5.56 Å². The van der Waals surface area contributed by atoms with E-state index in [0.29, 0.717) is 28.8 Å². The zero-order valence-corrected chi connectivity index (χ0v) is 15.8. The van der Waals surface area contributed by atoms with Gasteiger partial charge in [0.25, 0.3) is 5.91 Å². The molecule has 1 aliphatic rings. The molecule has 3 rings (SSSR count). The number of amidine groups is 1. The number of nitrogens with one attached hydrogen (secondary N) is 1. The molecule has 0 saturated carbocycles. The van der Waals surface area contributed by atoms with E-state index in [2.05, 4.69) is 17.2 Å². The number of hydrogen-bond acceptors (Lipinski definition) is 5. The summed E-state index contributed by atoms with van der Waals surface area (Å²) >= 11 is 0. The monoisotopic (exact) mass is 366 g/mol. The molecule has 2 aromatic rings. The highest BCUT2D eigenvalue weighted by molar-refractivity contribution is 6.19. The molecule has 0 unspecified atom stereocenters. The summed E-state index contributed by atoms with van der Waals surface area (Å²) in [5, 5.41) is 2.81. The normalized spacial score (nSPS) is 14.7. The number of hydrogen-bond donors (Lipinski definition) is 1. The van der Waals surface area contributed by atoms with E-state index in [-0.39, 0.29) is 5.91 Å². The Labute approximate surface area is 158 Å². The highest BCUT2D eigenvalue weighted by atomic mass is 16.5. The molecule has 6 heteroatoms. The van der Waals surface area contributed by atoms with Crippen molar-refractivity contribution in [2.75, 3.05) is 21.3 Å². The third-order valence-electron chi connectivity index (χ3n) is 4.32. The van der Waals surface area contributed by atoms with Gasteiger partial charge in [-0.1, -0.05) is 31.2 Å². The summed E-state index contributed by atoms with van der Waals surface area (Å²) in [5.41, 5.74) is 3.14. The number of carbonyl (C=O) groups is 1. The second kappa shape index (κ2) is 7.95. The average Bonchev–Trinajstić information content (AvgIpc) is 3.07. The largest absolute Gasteiger partial charge is 0.493 e. The van der Waals surface area contributed by atoms with Gasteiger partial charge in [0.1, 0.15) is 11.5 Å². The number of aryl methyl sites for hydroxylation is 1. The van der Waals surface area contributed by atoms with Gasteiger partial charge in [-0.25, -0.2) is 4.99 Å². The summed E-state index contributed by atoms with van der Waals surface area (Å²) in [6, 6.07) is 11.5. The van der Waals surface area contributed by atoms with Gasteiger partial charge in [0.05, 0.1) is 21.3 Å². The third kappa shape index (κ3) is 3.79. The lowest BCUT2D eigenvalue weighted by molar-refractivity contribution is -0.115. The standard InChI is InChI=1S/C21H22N2O4/c1-5-13-6-8-15(9-7-13)20-22-16(21(24)23-20)10-14-11-17(25-2)19(27-4)18(12-14)26-3/h6-12H,5H2,1-4H3,(H,22,23,24). The number of carbonyl (C=O) groups excluding carboxylic acids is 1. The van der Waals surface area contributed by atoms with Crippen LogP contribution < -0.4 is 19.5 Å². The van der Waals surface area contributed by atoms with Crippen LogP contribution in [0, 0.1) is 0 Å². The fraction of sp³-hybridized carbons (Fsp3) is 0.238. The Bertz CT molecular complexity index is 889. The third-order valence-corrected chi connectivity index (χ3v) is 4.32. The van der Waals surface area contributed by atoms with Crippen molar-refractivity contribution in [1.29, 1.82) is 0 Å². The SMILES string of the molecule is CCc1ccc(C2=NC(=Cc3cc(OC)c(OC)c(OC)c3)C(=O)N2)cc1. The molecule has 0 saturated heterocycles. The molecular formula is C21H22N2O4. The zero-order valence-electron chi connectivity index (χ0n) is 15.8. The van der Waals surface area contributed by atoms with E-state index in [1.807, 2.05) is 24.3 Å². The molecule has 1 amide bonds. The summed E-state index contributed by atoms with van der Waals surface area (Å²) in [5.74, 6) is 1.82. The van der Waals surface area contributed by atoms with E-state index in [4.69, 9.17) is 14.2 Å². The Hall–Kier alpha value is -3.28. The number of ether oxygens (including phenoxy) is 3. The fourth-order valence-corrected chi connectivity index (χ4v) is 2.85. The van der Waals surface area contributed by atoms with Crippen molar-refractivity contribution in [3.05, 3.63) is 58.8 Å². The number of amides is 1. The van der Waals surface area contributed by atoms with Crippen LogP contribution >= 0.6 is 0 Å². The van der Waals surface area contributed by atoms with Crippen molar-refractivity contribution in [3.63, 3.8) is 0 Å². The molecule has 1 heterocycles. The molecule has 0 aliphatic carbocycles. The van der Waals surface area contributed by atoms with Crippen molar-refractivity contribution in [2.24, 2.45) is 4.99 Å². The Kier molecular flexibility index (Phi) is 5.45. The van der Waals surface area contributed by atoms with Crippen LogP contribution in [0.3, 0.4) is 0 Å². The van der Waals surface area contributed by atoms with Crippen molar-refractivity contribution >= 4 is 17.8 Å². The van der Waals surface area contributed by atoms with Gasteiger partial charge in [-0.2, -0.15) is 0 Å². The molecule has 0 aromatic heterocycles. The first-order valence-electron chi connectivity index (χ1n) is 8.60. The Balaban J connectivity index is 1.96. The van der Waals surface area contributed by atoms with Crippen LogP contribution in [0.4, 0.5) is 0 Å². The Morgan fingerprint density at radius 2 is 1.63 bits per heavy atom. The fourth-order valence-electron chi connectivity index (χ4n) is 2.85. The van der Waals surface area contributed by atoms with Crippen LogP contribution in [-0.2, 0) is 11.2 Å². The quantitative estimate of drug-likeness (QED) is 0.797. The Morgan fingerprint density at radius 1 is 1.00 bits per heavy atom. The number of benzene rings is 2. The van der Waals surface area contributed by atoms with E-state index >= 15 is 0 Å².